The van der Waals surface area contributed by atoms with Gasteiger partial charge in [0, 0.05) is 29.7 Å². The number of carbonyl (C=O) groups excluding carboxylic acids is 1. The lowest BCUT2D eigenvalue weighted by Gasteiger charge is -2.35. The summed E-state index contributed by atoms with van der Waals surface area (Å²) in [5.74, 6) is 1.60. The van der Waals surface area contributed by atoms with Gasteiger partial charge in [-0.2, -0.15) is 4.68 Å². The second-order valence-electron chi connectivity index (χ2n) is 7.56. The Kier molecular flexibility index (Phi) is 6.07. The predicted octanol–water partition coefficient (Wildman–Crippen LogP) is 3.18. The maximum Gasteiger partial charge on any atom is 0.255 e. The number of hydrogen-bond acceptors (Lipinski definition) is 7. The van der Waals surface area contributed by atoms with Crippen molar-refractivity contribution in [1.29, 1.82) is 0 Å². The first-order valence-corrected chi connectivity index (χ1v) is 11.8. The summed E-state index contributed by atoms with van der Waals surface area (Å²) in [5, 5.41) is 8.70. The number of nitrogens with zero attached hydrogens (tertiary/aromatic N) is 7. The lowest BCUT2D eigenvalue weighted by molar-refractivity contribution is 0.0745. The van der Waals surface area contributed by atoms with Gasteiger partial charge in [0.2, 0.25) is 0 Å². The standard InChI is InChI=1S/C23H22IN7O2/c1-2-33-17-9-7-16(8-10-17)31-22-20(27-28-31)21(25-15-26-22)29-11-13-30(14-12-29)23(32)18-5-3-4-6-19(18)24/h3-10,15H,2,11-14H2,1H3. The van der Waals surface area contributed by atoms with Crippen LogP contribution in [0.25, 0.3) is 16.9 Å². The number of carbonyl (C=O) groups is 1. The summed E-state index contributed by atoms with van der Waals surface area (Å²) in [6, 6.07) is 15.3. The van der Waals surface area contributed by atoms with E-state index in [4.69, 9.17) is 4.74 Å². The lowest BCUT2D eigenvalue weighted by atomic mass is 10.2. The van der Waals surface area contributed by atoms with Crippen LogP contribution in [-0.4, -0.2) is 68.6 Å². The zero-order chi connectivity index (χ0) is 22.8. The molecule has 0 N–H and O–H groups in total. The predicted molar refractivity (Wildman–Crippen MR) is 133 cm³/mol. The number of benzene rings is 2. The van der Waals surface area contributed by atoms with Crippen LogP contribution in [0.5, 0.6) is 5.75 Å². The van der Waals surface area contributed by atoms with E-state index in [-0.39, 0.29) is 5.91 Å². The minimum atomic E-state index is 0.0638. The van der Waals surface area contributed by atoms with Gasteiger partial charge in [0.15, 0.2) is 17.0 Å². The van der Waals surface area contributed by atoms with Crippen molar-refractivity contribution in [2.75, 3.05) is 37.7 Å². The smallest absolute Gasteiger partial charge is 0.255 e. The summed E-state index contributed by atoms with van der Waals surface area (Å²) < 4.78 is 8.18. The summed E-state index contributed by atoms with van der Waals surface area (Å²) in [4.78, 5) is 25.9. The van der Waals surface area contributed by atoms with Gasteiger partial charge in [-0.25, -0.2) is 9.97 Å². The van der Waals surface area contributed by atoms with Crippen LogP contribution in [0.15, 0.2) is 54.9 Å². The molecule has 33 heavy (non-hydrogen) atoms. The molecule has 0 atom stereocenters. The molecule has 1 saturated heterocycles. The number of aromatic nitrogens is 5. The summed E-state index contributed by atoms with van der Waals surface area (Å²) in [6.07, 6.45) is 1.54. The number of fused-ring (bicyclic) bond motifs is 1. The van der Waals surface area contributed by atoms with E-state index in [1.54, 1.807) is 4.68 Å². The Morgan fingerprint density at radius 2 is 1.79 bits per heavy atom. The largest absolute Gasteiger partial charge is 0.494 e. The molecule has 168 valence electrons. The third kappa shape index (κ3) is 4.22. The number of ether oxygens (including phenoxy) is 1. The average molecular weight is 555 g/mol. The molecule has 0 aliphatic carbocycles. The highest BCUT2D eigenvalue weighted by Crippen LogP contribution is 2.25. The fourth-order valence-electron chi connectivity index (χ4n) is 3.92. The molecule has 0 saturated carbocycles. The second-order valence-corrected chi connectivity index (χ2v) is 8.72. The Labute approximate surface area is 204 Å². The van der Waals surface area contributed by atoms with Crippen molar-refractivity contribution >= 4 is 45.5 Å². The Morgan fingerprint density at radius 3 is 2.52 bits per heavy atom. The van der Waals surface area contributed by atoms with Gasteiger partial charge in [-0.1, -0.05) is 17.3 Å². The third-order valence-electron chi connectivity index (χ3n) is 5.58. The lowest BCUT2D eigenvalue weighted by Crippen LogP contribution is -2.49. The molecule has 0 spiro atoms. The number of amides is 1. The van der Waals surface area contributed by atoms with E-state index in [2.05, 4.69) is 47.8 Å². The van der Waals surface area contributed by atoms with Crippen molar-refractivity contribution in [2.24, 2.45) is 0 Å². The zero-order valence-electron chi connectivity index (χ0n) is 18.1. The zero-order valence-corrected chi connectivity index (χ0v) is 20.2. The highest BCUT2D eigenvalue weighted by Gasteiger charge is 2.26. The van der Waals surface area contributed by atoms with Gasteiger partial charge in [-0.15, -0.1) is 5.10 Å². The molecular weight excluding hydrogens is 533 g/mol. The molecule has 0 bridgehead atoms. The quantitative estimate of drug-likeness (QED) is 0.350. The van der Waals surface area contributed by atoms with Crippen LogP contribution in [-0.2, 0) is 0 Å². The molecule has 3 heterocycles. The van der Waals surface area contributed by atoms with Crippen LogP contribution in [0, 0.1) is 3.57 Å². The maximum atomic E-state index is 12.9. The fourth-order valence-corrected chi connectivity index (χ4v) is 4.54. The van der Waals surface area contributed by atoms with E-state index in [1.807, 2.05) is 60.4 Å². The van der Waals surface area contributed by atoms with E-state index in [0.717, 1.165) is 26.4 Å². The van der Waals surface area contributed by atoms with Crippen LogP contribution in [0.1, 0.15) is 17.3 Å². The molecule has 9 nitrogen and oxygen atoms in total. The molecule has 5 rings (SSSR count). The molecule has 4 aromatic rings. The van der Waals surface area contributed by atoms with E-state index >= 15 is 0 Å². The van der Waals surface area contributed by atoms with Crippen LogP contribution in [0.2, 0.25) is 0 Å². The minimum absolute atomic E-state index is 0.0638. The normalized spacial score (nSPS) is 14.0. The first-order valence-electron chi connectivity index (χ1n) is 10.7. The molecule has 0 unspecified atom stereocenters. The average Bonchev–Trinajstić information content (AvgIpc) is 3.29. The van der Waals surface area contributed by atoms with Crippen LogP contribution in [0.4, 0.5) is 5.82 Å². The summed E-state index contributed by atoms with van der Waals surface area (Å²) >= 11 is 2.21. The topological polar surface area (TPSA) is 89.3 Å². The van der Waals surface area contributed by atoms with Gasteiger partial charge in [-0.05, 0) is 65.9 Å². The first kappa shape index (κ1) is 21.6. The number of hydrogen-bond donors (Lipinski definition) is 0. The van der Waals surface area contributed by atoms with E-state index in [9.17, 15) is 4.79 Å². The Balaban J connectivity index is 1.35. The van der Waals surface area contributed by atoms with Crippen molar-refractivity contribution in [3.8, 4) is 11.4 Å². The number of halogens is 1. The minimum Gasteiger partial charge on any atom is -0.494 e. The molecule has 1 fully saturated rings. The molecular formula is C23H22IN7O2. The van der Waals surface area contributed by atoms with Crippen molar-refractivity contribution < 1.29 is 9.53 Å². The van der Waals surface area contributed by atoms with Gasteiger partial charge >= 0.3 is 0 Å². The van der Waals surface area contributed by atoms with Gasteiger partial charge < -0.3 is 14.5 Å². The van der Waals surface area contributed by atoms with Crippen LogP contribution < -0.4 is 9.64 Å². The van der Waals surface area contributed by atoms with Crippen molar-refractivity contribution in [2.45, 2.75) is 6.92 Å². The molecule has 1 aliphatic heterocycles. The molecule has 1 aliphatic rings. The van der Waals surface area contributed by atoms with Gasteiger partial charge in [0.25, 0.3) is 5.91 Å². The SMILES string of the molecule is CCOc1ccc(-n2nnc3c(N4CCN(C(=O)c5ccccc5I)CC4)ncnc32)cc1. The van der Waals surface area contributed by atoms with Crippen molar-refractivity contribution in [3.63, 3.8) is 0 Å². The van der Waals surface area contributed by atoms with Gasteiger partial charge in [-0.3, -0.25) is 4.79 Å². The molecule has 1 amide bonds. The number of anilines is 1. The molecule has 0 radical (unpaired) electrons. The monoisotopic (exact) mass is 555 g/mol. The Morgan fingerprint density at radius 1 is 1.03 bits per heavy atom. The van der Waals surface area contributed by atoms with Crippen LogP contribution in [0.3, 0.4) is 0 Å². The Hall–Kier alpha value is -3.28. The summed E-state index contributed by atoms with van der Waals surface area (Å²) in [6.45, 7) is 5.13. The number of piperazine rings is 1. The first-order chi connectivity index (χ1) is 16.2. The maximum absolute atomic E-state index is 12.9. The van der Waals surface area contributed by atoms with Crippen molar-refractivity contribution in [3.05, 3.63) is 64.0 Å². The summed E-state index contributed by atoms with van der Waals surface area (Å²) in [5.41, 5.74) is 2.87. The number of rotatable bonds is 5. The van der Waals surface area contributed by atoms with Crippen molar-refractivity contribution in [1.82, 2.24) is 29.9 Å². The fraction of sp³-hybridized carbons (Fsp3) is 0.261. The van der Waals surface area contributed by atoms with E-state index in [0.29, 0.717) is 43.9 Å². The molecule has 2 aromatic carbocycles. The van der Waals surface area contributed by atoms with E-state index in [1.165, 1.54) is 6.33 Å². The Bertz CT molecular complexity index is 1280. The van der Waals surface area contributed by atoms with E-state index < -0.39 is 0 Å². The molecule has 2 aromatic heterocycles. The highest BCUT2D eigenvalue weighted by molar-refractivity contribution is 14.1. The highest BCUT2D eigenvalue weighted by atomic mass is 127. The summed E-state index contributed by atoms with van der Waals surface area (Å²) in [7, 11) is 0. The third-order valence-corrected chi connectivity index (χ3v) is 6.52. The van der Waals surface area contributed by atoms with Crippen LogP contribution >= 0.6 is 22.6 Å². The molecule has 10 heteroatoms. The van der Waals surface area contributed by atoms with Gasteiger partial charge in [0.1, 0.15) is 12.1 Å². The van der Waals surface area contributed by atoms with Gasteiger partial charge in [0.05, 0.1) is 17.9 Å². The second kappa shape index (κ2) is 9.30.